The average molecular weight is 241 g/mol. The Morgan fingerprint density at radius 3 is 2.73 bits per heavy atom. The van der Waals surface area contributed by atoms with E-state index in [4.69, 9.17) is 28.5 Å². The maximum Gasteiger partial charge on any atom is 0.149 e. The van der Waals surface area contributed by atoms with Gasteiger partial charge in [-0.05, 0) is 6.07 Å². The van der Waals surface area contributed by atoms with Gasteiger partial charge in [0.05, 0.1) is 5.02 Å². The molecule has 0 atom stereocenters. The Labute approximate surface area is 94.9 Å². The summed E-state index contributed by atoms with van der Waals surface area (Å²) < 4.78 is 13.3. The monoisotopic (exact) mass is 240 g/mol. The van der Waals surface area contributed by atoms with E-state index < -0.39 is 5.82 Å². The van der Waals surface area contributed by atoms with Gasteiger partial charge in [-0.25, -0.2) is 9.37 Å². The molecule has 1 aromatic carbocycles. The molecule has 0 N–H and O–H groups in total. The lowest BCUT2D eigenvalue weighted by atomic mass is 10.1. The Hall–Kier alpha value is -1.37. The average Bonchev–Trinajstić information content (AvgIpc) is 2.20. The predicted octanol–water partition coefficient (Wildman–Crippen LogP) is 3.55. The smallest absolute Gasteiger partial charge is 0.149 e. The zero-order valence-electron chi connectivity index (χ0n) is 7.26. The number of nitrogens with zero attached hydrogens (tertiary/aromatic N) is 2. The van der Waals surface area contributed by atoms with Crippen LogP contribution in [0.1, 0.15) is 5.56 Å². The number of para-hydroxylation sites is 1. The number of hydrogen-bond acceptors (Lipinski definition) is 2. The molecule has 0 saturated carbocycles. The number of aromatic nitrogens is 1. The zero-order chi connectivity index (χ0) is 11.0. The van der Waals surface area contributed by atoms with Crippen molar-refractivity contribution in [3.8, 4) is 6.07 Å². The molecule has 1 heterocycles. The van der Waals surface area contributed by atoms with Crippen molar-refractivity contribution in [3.05, 3.63) is 39.8 Å². The predicted molar refractivity (Wildman–Crippen MR) is 56.4 cm³/mol. The Balaban J connectivity index is 2.99. The molecule has 5 heteroatoms. The van der Waals surface area contributed by atoms with Gasteiger partial charge in [0.2, 0.25) is 0 Å². The SMILES string of the molecule is N#Cc1c(Cl)nc2c(F)cccc2c1Cl. The van der Waals surface area contributed by atoms with E-state index in [1.165, 1.54) is 12.1 Å². The van der Waals surface area contributed by atoms with Crippen molar-refractivity contribution in [1.29, 1.82) is 5.26 Å². The van der Waals surface area contributed by atoms with Crippen molar-refractivity contribution >= 4 is 34.1 Å². The minimum atomic E-state index is -0.513. The molecule has 2 aromatic rings. The van der Waals surface area contributed by atoms with E-state index in [0.29, 0.717) is 5.39 Å². The molecule has 0 aliphatic heterocycles. The van der Waals surface area contributed by atoms with E-state index in [1.807, 2.05) is 6.07 Å². The Kier molecular flexibility index (Phi) is 2.47. The van der Waals surface area contributed by atoms with Crippen LogP contribution >= 0.6 is 23.2 Å². The Morgan fingerprint density at radius 2 is 2.07 bits per heavy atom. The summed E-state index contributed by atoms with van der Waals surface area (Å²) in [5, 5.41) is 9.21. The summed E-state index contributed by atoms with van der Waals surface area (Å²) in [7, 11) is 0. The topological polar surface area (TPSA) is 36.7 Å². The van der Waals surface area contributed by atoms with Gasteiger partial charge in [-0.15, -0.1) is 0 Å². The highest BCUT2D eigenvalue weighted by Gasteiger charge is 2.13. The van der Waals surface area contributed by atoms with Crippen LogP contribution in [-0.2, 0) is 0 Å². The van der Waals surface area contributed by atoms with E-state index in [9.17, 15) is 4.39 Å². The number of nitriles is 1. The molecule has 0 aliphatic rings. The lowest BCUT2D eigenvalue weighted by molar-refractivity contribution is 0.637. The van der Waals surface area contributed by atoms with E-state index in [1.54, 1.807) is 6.07 Å². The van der Waals surface area contributed by atoms with Crippen LogP contribution in [0.2, 0.25) is 10.2 Å². The second kappa shape index (κ2) is 3.65. The van der Waals surface area contributed by atoms with Gasteiger partial charge in [0, 0.05) is 5.39 Å². The summed E-state index contributed by atoms with van der Waals surface area (Å²) in [6, 6.07) is 6.17. The molecule has 0 aliphatic carbocycles. The number of fused-ring (bicyclic) bond motifs is 1. The first-order valence-electron chi connectivity index (χ1n) is 3.98. The largest absolute Gasteiger partial charge is 0.231 e. The molecule has 0 unspecified atom stereocenters. The molecule has 1 aromatic heterocycles. The van der Waals surface area contributed by atoms with Crippen molar-refractivity contribution in [2.24, 2.45) is 0 Å². The van der Waals surface area contributed by atoms with Crippen molar-refractivity contribution in [2.75, 3.05) is 0 Å². The lowest BCUT2D eigenvalue weighted by Gasteiger charge is -2.03. The van der Waals surface area contributed by atoms with Gasteiger partial charge in [-0.3, -0.25) is 0 Å². The van der Waals surface area contributed by atoms with Crippen LogP contribution in [0.25, 0.3) is 10.9 Å². The van der Waals surface area contributed by atoms with Crippen LogP contribution in [0.15, 0.2) is 18.2 Å². The second-order valence-electron chi connectivity index (χ2n) is 2.84. The normalized spacial score (nSPS) is 10.3. The number of benzene rings is 1. The molecule has 0 saturated heterocycles. The molecule has 0 bridgehead atoms. The van der Waals surface area contributed by atoms with Gasteiger partial charge >= 0.3 is 0 Å². The third-order valence-corrected chi connectivity index (χ3v) is 2.64. The highest BCUT2D eigenvalue weighted by molar-refractivity contribution is 6.39. The molecule has 2 rings (SSSR count). The number of rotatable bonds is 0. The quantitative estimate of drug-likeness (QED) is 0.661. The molecule has 15 heavy (non-hydrogen) atoms. The van der Waals surface area contributed by atoms with E-state index in [0.717, 1.165) is 0 Å². The second-order valence-corrected chi connectivity index (χ2v) is 3.58. The number of halogens is 3. The van der Waals surface area contributed by atoms with Crippen molar-refractivity contribution in [2.45, 2.75) is 0 Å². The molecule has 2 nitrogen and oxygen atoms in total. The van der Waals surface area contributed by atoms with Gasteiger partial charge in [0.15, 0.2) is 0 Å². The summed E-state index contributed by atoms with van der Waals surface area (Å²) in [5.41, 5.74) is 0.142. The van der Waals surface area contributed by atoms with Crippen molar-refractivity contribution in [3.63, 3.8) is 0 Å². The van der Waals surface area contributed by atoms with Crippen LogP contribution in [0.5, 0.6) is 0 Å². The fraction of sp³-hybridized carbons (Fsp3) is 0. The number of pyridine rings is 1. The molecular weight excluding hydrogens is 238 g/mol. The summed E-state index contributed by atoms with van der Waals surface area (Å²) >= 11 is 11.6. The summed E-state index contributed by atoms with van der Waals surface area (Å²) in [4.78, 5) is 3.79. The third kappa shape index (κ3) is 1.52. The maximum atomic E-state index is 13.3. The summed E-state index contributed by atoms with van der Waals surface area (Å²) in [5.74, 6) is -0.513. The molecule has 0 amide bonds. The fourth-order valence-electron chi connectivity index (χ4n) is 1.28. The number of hydrogen-bond donors (Lipinski definition) is 0. The van der Waals surface area contributed by atoms with Crippen LogP contribution < -0.4 is 0 Å². The standard InChI is InChI=1S/C10H3Cl2FN2/c11-8-5-2-1-3-7(13)9(5)15-10(12)6(8)4-14/h1-3H. The molecule has 0 fully saturated rings. The fourth-order valence-corrected chi connectivity index (χ4v) is 1.83. The molecule has 74 valence electrons. The molecule has 0 radical (unpaired) electrons. The Bertz CT molecular complexity index is 590. The lowest BCUT2D eigenvalue weighted by Crippen LogP contribution is -1.90. The van der Waals surface area contributed by atoms with E-state index >= 15 is 0 Å². The van der Waals surface area contributed by atoms with Gasteiger partial charge < -0.3 is 0 Å². The molecular formula is C10H3Cl2FN2. The maximum absolute atomic E-state index is 13.3. The first-order valence-corrected chi connectivity index (χ1v) is 4.74. The summed E-state index contributed by atoms with van der Waals surface area (Å²) in [6.45, 7) is 0. The van der Waals surface area contributed by atoms with Crippen LogP contribution in [-0.4, -0.2) is 4.98 Å². The first-order chi connectivity index (χ1) is 7.15. The molecule has 0 spiro atoms. The Morgan fingerprint density at radius 1 is 1.33 bits per heavy atom. The zero-order valence-corrected chi connectivity index (χ0v) is 8.77. The van der Waals surface area contributed by atoms with E-state index in [2.05, 4.69) is 4.98 Å². The highest BCUT2D eigenvalue weighted by atomic mass is 35.5. The van der Waals surface area contributed by atoms with Gasteiger partial charge in [0.1, 0.15) is 28.1 Å². The summed E-state index contributed by atoms with van der Waals surface area (Å²) in [6.07, 6.45) is 0. The van der Waals surface area contributed by atoms with Crippen LogP contribution in [0.3, 0.4) is 0 Å². The van der Waals surface area contributed by atoms with Crippen LogP contribution in [0.4, 0.5) is 4.39 Å². The minimum Gasteiger partial charge on any atom is -0.231 e. The third-order valence-electron chi connectivity index (χ3n) is 1.97. The highest BCUT2D eigenvalue weighted by Crippen LogP contribution is 2.30. The first kappa shape index (κ1) is 10.2. The van der Waals surface area contributed by atoms with Gasteiger partial charge in [0.25, 0.3) is 0 Å². The van der Waals surface area contributed by atoms with Crippen LogP contribution in [0, 0.1) is 17.1 Å². The van der Waals surface area contributed by atoms with Gasteiger partial charge in [-0.2, -0.15) is 5.26 Å². The minimum absolute atomic E-state index is 0.0661. The van der Waals surface area contributed by atoms with E-state index in [-0.39, 0.29) is 21.3 Å². The van der Waals surface area contributed by atoms with Crippen molar-refractivity contribution < 1.29 is 4.39 Å². The van der Waals surface area contributed by atoms with Crippen molar-refractivity contribution in [1.82, 2.24) is 4.98 Å². The van der Waals surface area contributed by atoms with Gasteiger partial charge in [-0.1, -0.05) is 35.3 Å².